The van der Waals surface area contributed by atoms with Gasteiger partial charge in [-0.05, 0) is 30.5 Å². The lowest BCUT2D eigenvalue weighted by Gasteiger charge is -2.09. The molecule has 56 valence electrons. The number of hydrogen-bond acceptors (Lipinski definition) is 1. The molecule has 1 aromatic heterocycles. The molecule has 2 rings (SSSR count). The van der Waals surface area contributed by atoms with Gasteiger partial charge >= 0.3 is 0 Å². The summed E-state index contributed by atoms with van der Waals surface area (Å²) in [6, 6.07) is 1.85. The fraction of sp³-hybridized carbons (Fsp3) is 0.222. The molecule has 1 aliphatic carbocycles. The van der Waals surface area contributed by atoms with E-state index in [1.54, 1.807) is 6.20 Å². The Morgan fingerprint density at radius 2 is 2.36 bits per heavy atom. The van der Waals surface area contributed by atoms with Crippen LogP contribution >= 0.6 is 11.6 Å². The lowest BCUT2D eigenvalue weighted by atomic mass is 10.0. The molecule has 0 aliphatic heterocycles. The molecule has 1 heterocycles. The number of halogens is 1. The van der Waals surface area contributed by atoms with Crippen molar-refractivity contribution in [3.63, 3.8) is 0 Å². The van der Waals surface area contributed by atoms with E-state index >= 15 is 0 Å². The number of rotatable bonds is 0. The Morgan fingerprint density at radius 3 is 3.18 bits per heavy atom. The van der Waals surface area contributed by atoms with Crippen molar-refractivity contribution < 1.29 is 0 Å². The summed E-state index contributed by atoms with van der Waals surface area (Å²) in [4.78, 5) is 4.21. The van der Waals surface area contributed by atoms with Crippen molar-refractivity contribution in [1.29, 1.82) is 0 Å². The largest absolute Gasteiger partial charge is 0.257 e. The quantitative estimate of drug-likeness (QED) is 0.576. The van der Waals surface area contributed by atoms with E-state index in [-0.39, 0.29) is 0 Å². The van der Waals surface area contributed by atoms with Crippen LogP contribution in [0.15, 0.2) is 18.3 Å². The summed E-state index contributed by atoms with van der Waals surface area (Å²) in [6.07, 6.45) is 8.02. The third kappa shape index (κ3) is 1.16. The second kappa shape index (κ2) is 2.67. The van der Waals surface area contributed by atoms with Gasteiger partial charge in [0.15, 0.2) is 0 Å². The number of aromatic nitrogens is 1. The van der Waals surface area contributed by atoms with Crippen molar-refractivity contribution in [2.75, 3.05) is 0 Å². The highest BCUT2D eigenvalue weighted by Gasteiger charge is 2.07. The van der Waals surface area contributed by atoms with Crippen molar-refractivity contribution in [3.8, 4) is 0 Å². The number of pyridine rings is 1. The minimum atomic E-state index is 0.847. The van der Waals surface area contributed by atoms with Gasteiger partial charge in [0.05, 0.1) is 5.69 Å². The molecule has 0 radical (unpaired) electrons. The molecule has 0 saturated carbocycles. The summed E-state index contributed by atoms with van der Waals surface area (Å²) in [5.41, 5.74) is 2.22. The first-order chi connectivity index (χ1) is 5.38. The highest BCUT2D eigenvalue weighted by atomic mass is 35.5. The van der Waals surface area contributed by atoms with E-state index in [1.807, 2.05) is 12.1 Å². The van der Waals surface area contributed by atoms with Crippen molar-refractivity contribution in [2.24, 2.45) is 0 Å². The highest BCUT2D eigenvalue weighted by molar-refractivity contribution is 6.31. The molecular formula is C9H8ClN. The third-order valence-electron chi connectivity index (χ3n) is 1.87. The van der Waals surface area contributed by atoms with E-state index in [0.717, 1.165) is 23.6 Å². The van der Waals surface area contributed by atoms with Gasteiger partial charge in [-0.15, -0.1) is 0 Å². The molecule has 1 nitrogen and oxygen atoms in total. The second-order valence-corrected chi connectivity index (χ2v) is 3.00. The topological polar surface area (TPSA) is 12.9 Å². The standard InChI is InChI=1S/C9H8ClN/c10-8-5-6-11-9-4-2-1-3-7(8)9/h2,4-6H,1,3H2. The Labute approximate surface area is 70.7 Å². The Hall–Kier alpha value is -0.820. The molecule has 0 atom stereocenters. The van der Waals surface area contributed by atoms with E-state index in [2.05, 4.69) is 11.1 Å². The van der Waals surface area contributed by atoms with E-state index < -0.39 is 0 Å². The monoisotopic (exact) mass is 165 g/mol. The SMILES string of the molecule is Clc1ccnc2c1CCC=C2. The maximum atomic E-state index is 5.97. The molecule has 1 aromatic rings. The van der Waals surface area contributed by atoms with Crippen LogP contribution in [0.25, 0.3) is 6.08 Å². The first kappa shape index (κ1) is 6.86. The first-order valence-electron chi connectivity index (χ1n) is 3.68. The predicted molar refractivity (Wildman–Crippen MR) is 46.6 cm³/mol. The van der Waals surface area contributed by atoms with Crippen LogP contribution in [0.3, 0.4) is 0 Å². The van der Waals surface area contributed by atoms with Crippen LogP contribution < -0.4 is 0 Å². The minimum Gasteiger partial charge on any atom is -0.257 e. The summed E-state index contributed by atoms with van der Waals surface area (Å²) in [6.45, 7) is 0. The van der Waals surface area contributed by atoms with Crippen LogP contribution in [0.5, 0.6) is 0 Å². The fourth-order valence-corrected chi connectivity index (χ4v) is 1.55. The van der Waals surface area contributed by atoms with E-state index in [0.29, 0.717) is 0 Å². The predicted octanol–water partition coefficient (Wildman–Crippen LogP) is 2.69. The molecule has 11 heavy (non-hydrogen) atoms. The highest BCUT2D eigenvalue weighted by Crippen LogP contribution is 2.23. The molecule has 0 spiro atoms. The van der Waals surface area contributed by atoms with Crippen LogP contribution in [0.4, 0.5) is 0 Å². The fourth-order valence-electron chi connectivity index (χ4n) is 1.30. The van der Waals surface area contributed by atoms with Gasteiger partial charge in [-0.1, -0.05) is 17.7 Å². The van der Waals surface area contributed by atoms with E-state index in [9.17, 15) is 0 Å². The molecule has 2 heteroatoms. The van der Waals surface area contributed by atoms with Crippen molar-refractivity contribution in [1.82, 2.24) is 4.98 Å². The molecule has 1 aliphatic rings. The molecule has 0 amide bonds. The smallest absolute Gasteiger partial charge is 0.0673 e. The van der Waals surface area contributed by atoms with E-state index in [1.165, 1.54) is 5.56 Å². The maximum Gasteiger partial charge on any atom is 0.0673 e. The number of hydrogen-bond donors (Lipinski definition) is 0. The van der Waals surface area contributed by atoms with Crippen LogP contribution in [0.2, 0.25) is 5.02 Å². The molecule has 0 unspecified atom stereocenters. The van der Waals surface area contributed by atoms with Crippen molar-refractivity contribution >= 4 is 17.7 Å². The Morgan fingerprint density at radius 1 is 1.45 bits per heavy atom. The zero-order chi connectivity index (χ0) is 7.68. The van der Waals surface area contributed by atoms with Gasteiger partial charge in [0.1, 0.15) is 0 Å². The molecular weight excluding hydrogens is 158 g/mol. The lowest BCUT2D eigenvalue weighted by Crippen LogP contribution is -1.96. The molecule has 0 saturated heterocycles. The van der Waals surface area contributed by atoms with Gasteiger partial charge in [-0.3, -0.25) is 4.98 Å². The number of fused-ring (bicyclic) bond motifs is 1. The summed E-state index contributed by atoms with van der Waals surface area (Å²) in [5.74, 6) is 0. The summed E-state index contributed by atoms with van der Waals surface area (Å²) >= 11 is 5.97. The lowest BCUT2D eigenvalue weighted by molar-refractivity contribution is 0.964. The molecule has 0 bridgehead atoms. The normalized spacial score (nSPS) is 14.6. The number of allylic oxidation sites excluding steroid dienone is 1. The van der Waals surface area contributed by atoms with Crippen molar-refractivity contribution in [2.45, 2.75) is 12.8 Å². The van der Waals surface area contributed by atoms with Gasteiger partial charge in [-0.25, -0.2) is 0 Å². The van der Waals surface area contributed by atoms with Crippen LogP contribution in [0, 0.1) is 0 Å². The maximum absolute atomic E-state index is 5.97. The zero-order valence-electron chi connectivity index (χ0n) is 6.05. The van der Waals surface area contributed by atoms with Gasteiger partial charge in [0, 0.05) is 11.2 Å². The summed E-state index contributed by atoms with van der Waals surface area (Å²) in [7, 11) is 0. The van der Waals surface area contributed by atoms with Gasteiger partial charge in [0.25, 0.3) is 0 Å². The molecule has 0 aromatic carbocycles. The van der Waals surface area contributed by atoms with Gasteiger partial charge in [0.2, 0.25) is 0 Å². The minimum absolute atomic E-state index is 0.847. The van der Waals surface area contributed by atoms with Crippen LogP contribution in [0.1, 0.15) is 17.7 Å². The Bertz CT molecular complexity index is 304. The zero-order valence-corrected chi connectivity index (χ0v) is 6.80. The Kier molecular flexibility index (Phi) is 1.66. The van der Waals surface area contributed by atoms with Gasteiger partial charge in [-0.2, -0.15) is 0 Å². The average Bonchev–Trinajstić information content (AvgIpc) is 2.06. The molecule has 0 N–H and O–H groups in total. The summed E-state index contributed by atoms with van der Waals surface area (Å²) in [5, 5.41) is 0.847. The average molecular weight is 166 g/mol. The first-order valence-corrected chi connectivity index (χ1v) is 4.05. The van der Waals surface area contributed by atoms with Crippen LogP contribution in [-0.2, 0) is 6.42 Å². The third-order valence-corrected chi connectivity index (χ3v) is 2.22. The van der Waals surface area contributed by atoms with Crippen molar-refractivity contribution in [3.05, 3.63) is 34.6 Å². The second-order valence-electron chi connectivity index (χ2n) is 2.60. The van der Waals surface area contributed by atoms with Crippen LogP contribution in [-0.4, -0.2) is 4.98 Å². The Balaban J connectivity index is 2.60. The molecule has 0 fully saturated rings. The van der Waals surface area contributed by atoms with E-state index in [4.69, 9.17) is 11.6 Å². The van der Waals surface area contributed by atoms with Gasteiger partial charge < -0.3 is 0 Å². The summed E-state index contributed by atoms with van der Waals surface area (Å²) < 4.78 is 0. The number of nitrogens with zero attached hydrogens (tertiary/aromatic N) is 1.